The van der Waals surface area contributed by atoms with Crippen molar-refractivity contribution in [3.05, 3.63) is 27.7 Å². The van der Waals surface area contributed by atoms with Crippen LogP contribution in [-0.4, -0.2) is 38.8 Å². The van der Waals surface area contributed by atoms with Gasteiger partial charge in [0.1, 0.15) is 12.4 Å². The summed E-state index contributed by atoms with van der Waals surface area (Å²) >= 11 is 1.79. The van der Waals surface area contributed by atoms with Crippen molar-refractivity contribution in [1.82, 2.24) is 30.4 Å². The smallest absolute Gasteiger partial charge is 0.191 e. The molecule has 0 amide bonds. The molecule has 0 bridgehead atoms. The van der Waals surface area contributed by atoms with Crippen molar-refractivity contribution in [3.8, 4) is 0 Å². The highest BCUT2D eigenvalue weighted by Crippen LogP contribution is 2.15. The van der Waals surface area contributed by atoms with Gasteiger partial charge in [0.2, 0.25) is 0 Å². The number of hydrogen-bond donors (Lipinski definition) is 2. The number of hydrogen-bond acceptors (Lipinski definition) is 5. The molecular formula is C18H29N7S. The van der Waals surface area contributed by atoms with E-state index >= 15 is 0 Å². The molecule has 0 saturated carbocycles. The first kappa shape index (κ1) is 18.8. The van der Waals surface area contributed by atoms with Gasteiger partial charge >= 0.3 is 0 Å². The second kappa shape index (κ2) is 9.66. The summed E-state index contributed by atoms with van der Waals surface area (Å²) in [6.07, 6.45) is 8.66. The van der Waals surface area contributed by atoms with E-state index in [9.17, 15) is 0 Å². The van der Waals surface area contributed by atoms with Gasteiger partial charge in [-0.05, 0) is 26.2 Å². The molecule has 3 rings (SSSR count). The molecule has 8 heteroatoms. The van der Waals surface area contributed by atoms with Crippen LogP contribution in [0.1, 0.15) is 54.6 Å². The van der Waals surface area contributed by atoms with Gasteiger partial charge in [-0.2, -0.15) is 0 Å². The van der Waals surface area contributed by atoms with E-state index in [-0.39, 0.29) is 0 Å². The predicted octanol–water partition coefficient (Wildman–Crippen LogP) is 2.32. The van der Waals surface area contributed by atoms with Crippen LogP contribution in [-0.2, 0) is 32.4 Å². The number of nitrogens with zero attached hydrogens (tertiary/aromatic N) is 5. The fourth-order valence-electron chi connectivity index (χ4n) is 3.07. The van der Waals surface area contributed by atoms with Gasteiger partial charge in [0.05, 0.1) is 5.01 Å². The average molecular weight is 376 g/mol. The van der Waals surface area contributed by atoms with Crippen LogP contribution < -0.4 is 10.6 Å². The second-order valence-electron chi connectivity index (χ2n) is 6.44. The van der Waals surface area contributed by atoms with Gasteiger partial charge in [-0.15, -0.1) is 21.5 Å². The maximum atomic E-state index is 4.70. The molecule has 0 aromatic carbocycles. The zero-order valence-corrected chi connectivity index (χ0v) is 16.6. The summed E-state index contributed by atoms with van der Waals surface area (Å²) in [5, 5.41) is 16.6. The first-order valence-corrected chi connectivity index (χ1v) is 10.5. The Morgan fingerprint density at radius 3 is 2.96 bits per heavy atom. The quantitative estimate of drug-likeness (QED) is 0.573. The van der Waals surface area contributed by atoms with Crippen molar-refractivity contribution < 1.29 is 0 Å². The van der Waals surface area contributed by atoms with Crippen molar-refractivity contribution in [3.63, 3.8) is 0 Å². The molecule has 1 aliphatic rings. The average Bonchev–Trinajstić information content (AvgIpc) is 3.20. The number of aryl methyl sites for hydroxylation is 2. The van der Waals surface area contributed by atoms with Crippen molar-refractivity contribution >= 4 is 17.3 Å². The van der Waals surface area contributed by atoms with Gasteiger partial charge in [0.25, 0.3) is 0 Å². The Hall–Kier alpha value is -1.96. The van der Waals surface area contributed by atoms with Crippen molar-refractivity contribution in [1.29, 1.82) is 0 Å². The molecule has 0 spiro atoms. The van der Waals surface area contributed by atoms with Crippen LogP contribution in [0.5, 0.6) is 0 Å². The first-order chi connectivity index (χ1) is 12.8. The van der Waals surface area contributed by atoms with Gasteiger partial charge in [-0.1, -0.05) is 13.3 Å². The van der Waals surface area contributed by atoms with Gasteiger partial charge in [-0.25, -0.2) is 9.98 Å². The lowest BCUT2D eigenvalue weighted by atomic mass is 10.2. The minimum atomic E-state index is 0.555. The molecule has 0 atom stereocenters. The molecule has 0 aliphatic carbocycles. The maximum Gasteiger partial charge on any atom is 0.191 e. The van der Waals surface area contributed by atoms with E-state index in [1.54, 1.807) is 11.3 Å². The third-order valence-corrected chi connectivity index (χ3v) is 5.69. The predicted molar refractivity (Wildman–Crippen MR) is 106 cm³/mol. The lowest BCUT2D eigenvalue weighted by molar-refractivity contribution is 0.605. The minimum absolute atomic E-state index is 0.555. The standard InChI is InChI=1S/C18H29N7S/c1-3-14-12-21-17(26-14)9-10-20-18(19-4-2)22-13-16-24-23-15-8-6-5-7-11-25(15)16/h12H,3-11,13H2,1-2H3,(H2,19,20,22). The largest absolute Gasteiger partial charge is 0.357 e. The molecule has 1 aliphatic heterocycles. The van der Waals surface area contributed by atoms with E-state index in [2.05, 4.69) is 44.2 Å². The zero-order valence-electron chi connectivity index (χ0n) is 15.8. The van der Waals surface area contributed by atoms with Gasteiger partial charge in [0.15, 0.2) is 11.8 Å². The van der Waals surface area contributed by atoms with Gasteiger partial charge in [-0.3, -0.25) is 0 Å². The molecular weight excluding hydrogens is 346 g/mol. The molecule has 26 heavy (non-hydrogen) atoms. The third kappa shape index (κ3) is 5.03. The van der Waals surface area contributed by atoms with Crippen LogP contribution in [0.15, 0.2) is 11.2 Å². The normalized spacial score (nSPS) is 14.8. The Bertz CT molecular complexity index is 719. The Morgan fingerprint density at radius 2 is 2.15 bits per heavy atom. The van der Waals surface area contributed by atoms with E-state index in [1.165, 1.54) is 29.1 Å². The number of nitrogens with one attached hydrogen (secondary N) is 2. The molecule has 0 unspecified atom stereocenters. The number of thiazole rings is 1. The summed E-state index contributed by atoms with van der Waals surface area (Å²) in [5.74, 6) is 2.90. The number of aromatic nitrogens is 4. The summed E-state index contributed by atoms with van der Waals surface area (Å²) in [6.45, 7) is 7.47. The molecule has 0 saturated heterocycles. The SMILES string of the molecule is CCNC(=NCc1nnc2n1CCCCC2)NCCc1ncc(CC)s1. The second-order valence-corrected chi connectivity index (χ2v) is 7.64. The highest BCUT2D eigenvalue weighted by atomic mass is 32.1. The first-order valence-electron chi connectivity index (χ1n) is 9.66. The topological polar surface area (TPSA) is 80.0 Å². The maximum absolute atomic E-state index is 4.70. The van der Waals surface area contributed by atoms with E-state index in [1.807, 2.05) is 6.20 Å². The molecule has 3 heterocycles. The van der Waals surface area contributed by atoms with Crippen molar-refractivity contribution in [2.75, 3.05) is 13.1 Å². The summed E-state index contributed by atoms with van der Waals surface area (Å²) in [7, 11) is 0. The molecule has 2 aromatic rings. The Morgan fingerprint density at radius 1 is 1.23 bits per heavy atom. The highest BCUT2D eigenvalue weighted by Gasteiger charge is 2.14. The van der Waals surface area contributed by atoms with Gasteiger partial charge in [0, 0.05) is 43.5 Å². The summed E-state index contributed by atoms with van der Waals surface area (Å²) in [5.41, 5.74) is 0. The lowest BCUT2D eigenvalue weighted by Gasteiger charge is -2.11. The van der Waals surface area contributed by atoms with E-state index in [0.29, 0.717) is 6.54 Å². The van der Waals surface area contributed by atoms with Crippen LogP contribution in [0.3, 0.4) is 0 Å². The van der Waals surface area contributed by atoms with E-state index in [0.717, 1.165) is 56.5 Å². The van der Waals surface area contributed by atoms with Crippen LogP contribution >= 0.6 is 11.3 Å². The zero-order chi connectivity index (χ0) is 18.2. The van der Waals surface area contributed by atoms with Crippen molar-refractivity contribution in [2.45, 2.75) is 65.5 Å². The monoisotopic (exact) mass is 375 g/mol. The number of guanidine groups is 1. The fourth-order valence-corrected chi connectivity index (χ4v) is 3.93. The molecule has 7 nitrogen and oxygen atoms in total. The van der Waals surface area contributed by atoms with Crippen LogP contribution in [0.25, 0.3) is 0 Å². The molecule has 2 aromatic heterocycles. The summed E-state index contributed by atoms with van der Waals surface area (Å²) < 4.78 is 2.25. The van der Waals surface area contributed by atoms with E-state index < -0.39 is 0 Å². The van der Waals surface area contributed by atoms with Crippen molar-refractivity contribution in [2.24, 2.45) is 4.99 Å². The van der Waals surface area contributed by atoms with Crippen LogP contribution in [0.4, 0.5) is 0 Å². The molecule has 0 fully saturated rings. The Kier molecular flexibility index (Phi) is 6.99. The third-order valence-electron chi connectivity index (χ3n) is 4.49. The number of fused-ring (bicyclic) bond motifs is 1. The minimum Gasteiger partial charge on any atom is -0.357 e. The fraction of sp³-hybridized carbons (Fsp3) is 0.667. The number of aliphatic imine (C=N–C) groups is 1. The molecule has 0 radical (unpaired) electrons. The summed E-state index contributed by atoms with van der Waals surface area (Å²) in [6, 6.07) is 0. The Balaban J connectivity index is 1.56. The Labute approximate surface area is 159 Å². The van der Waals surface area contributed by atoms with E-state index in [4.69, 9.17) is 4.99 Å². The summed E-state index contributed by atoms with van der Waals surface area (Å²) in [4.78, 5) is 10.5. The van der Waals surface area contributed by atoms with Crippen LogP contribution in [0, 0.1) is 0 Å². The molecule has 142 valence electrons. The molecule has 2 N–H and O–H groups in total. The lowest BCUT2D eigenvalue weighted by Crippen LogP contribution is -2.38. The van der Waals surface area contributed by atoms with Gasteiger partial charge < -0.3 is 15.2 Å². The highest BCUT2D eigenvalue weighted by molar-refractivity contribution is 7.11. The number of rotatable bonds is 7. The van der Waals surface area contributed by atoms with Crippen LogP contribution in [0.2, 0.25) is 0 Å².